The first-order valence-corrected chi connectivity index (χ1v) is 8.62. The van der Waals surface area contributed by atoms with E-state index in [0.29, 0.717) is 24.9 Å². The zero-order valence-electron chi connectivity index (χ0n) is 15.0. The monoisotopic (exact) mass is 407 g/mol. The third kappa shape index (κ3) is 4.48. The second-order valence-electron chi connectivity index (χ2n) is 6.14. The van der Waals surface area contributed by atoms with Crippen LogP contribution in [0.25, 0.3) is 11.5 Å². The predicted molar refractivity (Wildman–Crippen MR) is 94.5 cm³/mol. The largest absolute Gasteiger partial charge is 0.508 e. The number of likely N-dealkylation sites (tertiary alicyclic amines) is 1. The maximum Gasteiger partial charge on any atom is 0.295 e. The Labute approximate surface area is 163 Å². The standard InChI is InChI=1S/C13H10F3N3O3.C6H6O/c14-7-5-6(8(15)10(20)9(7)16)12-17-11(18-22-12)13(21)19-3-1-2-4-19;7-6-4-2-1-3-5-6/h5,20H,1-4H2;1-5,7H. The third-order valence-electron chi connectivity index (χ3n) is 4.13. The molecule has 0 spiro atoms. The fraction of sp³-hybridized carbons (Fsp3) is 0.211. The molecule has 1 amide bonds. The average Bonchev–Trinajstić information content (AvgIpc) is 3.42. The van der Waals surface area contributed by atoms with Crippen LogP contribution < -0.4 is 0 Å². The molecule has 1 aromatic heterocycles. The molecule has 0 aliphatic carbocycles. The summed E-state index contributed by atoms with van der Waals surface area (Å²) in [6.45, 7) is 1.12. The van der Waals surface area contributed by atoms with Crippen molar-refractivity contribution in [3.63, 3.8) is 0 Å². The lowest BCUT2D eigenvalue weighted by Crippen LogP contribution is -2.28. The SMILES string of the molecule is O=C(c1noc(-c2cc(F)c(F)c(O)c2F)n1)N1CCCC1.Oc1ccccc1. The smallest absolute Gasteiger partial charge is 0.295 e. The number of phenolic OH excluding ortho intramolecular Hbond substituents is 2. The number of carbonyl (C=O) groups is 1. The molecule has 1 fully saturated rings. The first-order chi connectivity index (χ1) is 13.9. The number of rotatable bonds is 2. The Hall–Kier alpha value is -3.56. The summed E-state index contributed by atoms with van der Waals surface area (Å²) in [5, 5.41) is 21.2. The normalized spacial score (nSPS) is 13.1. The number of phenols is 2. The number of carbonyl (C=O) groups excluding carboxylic acids is 1. The molecule has 1 saturated heterocycles. The Morgan fingerprint density at radius 1 is 1.03 bits per heavy atom. The minimum atomic E-state index is -1.71. The molecule has 4 rings (SSSR count). The van der Waals surface area contributed by atoms with Crippen molar-refractivity contribution in [2.75, 3.05) is 13.1 Å². The molecule has 2 heterocycles. The van der Waals surface area contributed by atoms with Gasteiger partial charge in [-0.3, -0.25) is 4.79 Å². The maximum absolute atomic E-state index is 13.8. The van der Waals surface area contributed by atoms with Crippen LogP contribution in [0.2, 0.25) is 0 Å². The minimum absolute atomic E-state index is 0.305. The first kappa shape index (κ1) is 20.2. The zero-order valence-corrected chi connectivity index (χ0v) is 15.0. The van der Waals surface area contributed by atoms with Crippen molar-refractivity contribution in [3.8, 4) is 23.0 Å². The van der Waals surface area contributed by atoms with Crippen LogP contribution in [-0.2, 0) is 0 Å². The Morgan fingerprint density at radius 3 is 2.28 bits per heavy atom. The molecule has 0 radical (unpaired) electrons. The minimum Gasteiger partial charge on any atom is -0.508 e. The van der Waals surface area contributed by atoms with E-state index in [1.165, 1.54) is 4.90 Å². The van der Waals surface area contributed by atoms with E-state index in [2.05, 4.69) is 10.1 Å². The van der Waals surface area contributed by atoms with Gasteiger partial charge in [-0.05, 0) is 31.0 Å². The van der Waals surface area contributed by atoms with Gasteiger partial charge >= 0.3 is 0 Å². The molecule has 7 nitrogen and oxygen atoms in total. The van der Waals surface area contributed by atoms with Crippen molar-refractivity contribution in [1.82, 2.24) is 15.0 Å². The fourth-order valence-electron chi connectivity index (χ4n) is 2.66. The highest BCUT2D eigenvalue weighted by Crippen LogP contribution is 2.31. The van der Waals surface area contributed by atoms with Crippen molar-refractivity contribution < 1.29 is 32.7 Å². The highest BCUT2D eigenvalue weighted by Gasteiger charge is 2.27. The van der Waals surface area contributed by atoms with Gasteiger partial charge in [0.2, 0.25) is 5.82 Å². The van der Waals surface area contributed by atoms with Gasteiger partial charge in [-0.25, -0.2) is 8.78 Å². The van der Waals surface area contributed by atoms with Crippen LogP contribution in [0.4, 0.5) is 13.2 Å². The number of hydrogen-bond donors (Lipinski definition) is 2. The maximum atomic E-state index is 13.8. The lowest BCUT2D eigenvalue weighted by atomic mass is 10.2. The van der Waals surface area contributed by atoms with Crippen molar-refractivity contribution in [1.29, 1.82) is 0 Å². The summed E-state index contributed by atoms with van der Waals surface area (Å²) >= 11 is 0. The highest BCUT2D eigenvalue weighted by atomic mass is 19.2. The van der Waals surface area contributed by atoms with Gasteiger partial charge in [0, 0.05) is 13.1 Å². The van der Waals surface area contributed by atoms with Crippen molar-refractivity contribution in [3.05, 3.63) is 59.7 Å². The van der Waals surface area contributed by atoms with Gasteiger partial charge in [0.05, 0.1) is 5.56 Å². The quantitative estimate of drug-likeness (QED) is 0.631. The predicted octanol–water partition coefficient (Wildman–Crippen LogP) is 3.49. The van der Waals surface area contributed by atoms with Crippen LogP contribution in [-0.4, -0.2) is 44.3 Å². The van der Waals surface area contributed by atoms with E-state index in [9.17, 15) is 18.0 Å². The number of nitrogens with zero attached hydrogens (tertiary/aromatic N) is 3. The summed E-state index contributed by atoms with van der Waals surface area (Å²) in [4.78, 5) is 17.2. The summed E-state index contributed by atoms with van der Waals surface area (Å²) < 4.78 is 44.8. The molecular formula is C19H16F3N3O4. The summed E-state index contributed by atoms with van der Waals surface area (Å²) in [6.07, 6.45) is 1.73. The molecule has 0 unspecified atom stereocenters. The summed E-state index contributed by atoms with van der Waals surface area (Å²) in [6, 6.07) is 9.19. The van der Waals surface area contributed by atoms with Gasteiger partial charge in [-0.2, -0.15) is 9.37 Å². The number of aromatic hydroxyl groups is 2. The van der Waals surface area contributed by atoms with E-state index >= 15 is 0 Å². The number of benzene rings is 2. The van der Waals surface area contributed by atoms with Crippen LogP contribution >= 0.6 is 0 Å². The molecule has 2 aromatic carbocycles. The summed E-state index contributed by atoms with van der Waals surface area (Å²) in [5.74, 6) is -7.10. The van der Waals surface area contributed by atoms with E-state index in [1.807, 2.05) is 6.07 Å². The number of amides is 1. The molecule has 0 bridgehead atoms. The van der Waals surface area contributed by atoms with Crippen molar-refractivity contribution in [2.24, 2.45) is 0 Å². The third-order valence-corrected chi connectivity index (χ3v) is 4.13. The zero-order chi connectivity index (χ0) is 21.0. The van der Waals surface area contributed by atoms with Crippen LogP contribution in [0.5, 0.6) is 11.5 Å². The van der Waals surface area contributed by atoms with Crippen LogP contribution in [0.3, 0.4) is 0 Å². The Morgan fingerprint density at radius 2 is 1.69 bits per heavy atom. The molecular weight excluding hydrogens is 391 g/mol. The number of aromatic nitrogens is 2. The summed E-state index contributed by atoms with van der Waals surface area (Å²) in [5.41, 5.74) is -0.621. The van der Waals surface area contributed by atoms with Crippen LogP contribution in [0, 0.1) is 17.5 Å². The number of hydrogen-bond acceptors (Lipinski definition) is 6. The second kappa shape index (κ2) is 8.63. The molecule has 152 valence electrons. The van der Waals surface area contributed by atoms with E-state index in [-0.39, 0.29) is 5.82 Å². The van der Waals surface area contributed by atoms with Gasteiger partial charge in [0.25, 0.3) is 17.6 Å². The van der Waals surface area contributed by atoms with Gasteiger partial charge in [0.1, 0.15) is 5.75 Å². The molecule has 29 heavy (non-hydrogen) atoms. The average molecular weight is 407 g/mol. The lowest BCUT2D eigenvalue weighted by Gasteiger charge is -2.11. The first-order valence-electron chi connectivity index (χ1n) is 8.62. The van der Waals surface area contributed by atoms with Crippen LogP contribution in [0.1, 0.15) is 23.5 Å². The second-order valence-corrected chi connectivity index (χ2v) is 6.14. The van der Waals surface area contributed by atoms with Crippen LogP contribution in [0.15, 0.2) is 40.9 Å². The van der Waals surface area contributed by atoms with Gasteiger partial charge < -0.3 is 19.6 Å². The molecule has 0 saturated carbocycles. The topological polar surface area (TPSA) is 99.7 Å². The van der Waals surface area contributed by atoms with E-state index in [4.69, 9.17) is 14.7 Å². The number of halogens is 3. The van der Waals surface area contributed by atoms with E-state index < -0.39 is 40.6 Å². The van der Waals surface area contributed by atoms with E-state index in [0.717, 1.165) is 12.8 Å². The van der Waals surface area contributed by atoms with Crippen molar-refractivity contribution in [2.45, 2.75) is 12.8 Å². The van der Waals surface area contributed by atoms with Gasteiger partial charge in [-0.15, -0.1) is 0 Å². The van der Waals surface area contributed by atoms with E-state index in [1.54, 1.807) is 24.3 Å². The molecule has 2 N–H and O–H groups in total. The molecule has 1 aliphatic rings. The number of para-hydroxylation sites is 1. The van der Waals surface area contributed by atoms with Gasteiger partial charge in [0.15, 0.2) is 17.4 Å². The Kier molecular flexibility index (Phi) is 6.01. The molecule has 0 atom stereocenters. The Balaban J connectivity index is 0.000000290. The lowest BCUT2D eigenvalue weighted by molar-refractivity contribution is 0.0777. The molecule has 3 aromatic rings. The van der Waals surface area contributed by atoms with Gasteiger partial charge in [-0.1, -0.05) is 23.4 Å². The molecule has 1 aliphatic heterocycles. The summed E-state index contributed by atoms with van der Waals surface area (Å²) in [7, 11) is 0. The highest BCUT2D eigenvalue weighted by molar-refractivity contribution is 5.90. The fourth-order valence-corrected chi connectivity index (χ4v) is 2.66. The Bertz CT molecular complexity index is 1010. The molecule has 10 heteroatoms. The van der Waals surface area contributed by atoms with Crippen molar-refractivity contribution >= 4 is 5.91 Å².